The number of carbonyl (C=O) groups excluding carboxylic acids is 1. The monoisotopic (exact) mass is 918 g/mol. The van der Waals surface area contributed by atoms with Crippen LogP contribution in [0.2, 0.25) is 0 Å². The molecule has 0 aliphatic carbocycles. The fourth-order valence-corrected chi connectivity index (χ4v) is 8.56. The van der Waals surface area contributed by atoms with Crippen molar-refractivity contribution in [1.82, 2.24) is 5.32 Å². The third kappa shape index (κ3) is 35.9. The Labute approximate surface area is 399 Å². The lowest BCUT2D eigenvalue weighted by molar-refractivity contribution is -0.302. The normalized spacial score (nSPS) is 20.3. The zero-order valence-corrected chi connectivity index (χ0v) is 42.0. The van der Waals surface area contributed by atoms with Crippen LogP contribution in [0.15, 0.2) is 48.6 Å². The molecule has 1 amide bonds. The summed E-state index contributed by atoms with van der Waals surface area (Å²) in [6.45, 7) is 3.68. The molecular weight excluding hydrogens is 815 g/mol. The van der Waals surface area contributed by atoms with Crippen molar-refractivity contribution >= 4 is 5.91 Å². The third-order valence-corrected chi connectivity index (χ3v) is 12.9. The molecule has 7 atom stereocenters. The predicted octanol–water partition coefficient (Wildman–Crippen LogP) is 13.0. The Morgan fingerprint density at radius 1 is 0.538 bits per heavy atom. The largest absolute Gasteiger partial charge is 0.394 e. The summed E-state index contributed by atoms with van der Waals surface area (Å²) in [5, 5.41) is 54.4. The van der Waals surface area contributed by atoms with Crippen LogP contribution < -0.4 is 5.32 Å². The average molecular weight is 918 g/mol. The van der Waals surface area contributed by atoms with Gasteiger partial charge in [-0.1, -0.05) is 229 Å². The molecule has 0 aromatic carbocycles. The quantitative estimate of drug-likeness (QED) is 0.0261. The lowest BCUT2D eigenvalue weighted by atomic mass is 9.99. The number of aliphatic hydroxyl groups excluding tert-OH is 5. The number of nitrogens with one attached hydrogen (secondary N) is 1. The van der Waals surface area contributed by atoms with Crippen molar-refractivity contribution in [3.63, 3.8) is 0 Å². The standard InChI is InChI=1S/C56H103NO8/c1-3-5-7-9-11-13-15-17-19-21-23-25-27-29-31-33-35-37-39-41-43-45-50(59)49(48-64-56-55(63)54(62)53(61)51(47-58)65-56)57-52(60)46-44-42-40-38-36-34-32-30-28-26-24-22-20-18-16-14-12-10-8-6-4-2/h6,8,12,14,35,37,43,45,49-51,53-56,58-59,61-63H,3-5,7,9-11,13,15-34,36,38-42,44,46-48H2,1-2H3,(H,57,60)/b8-6-,14-12-,37-35+,45-43+. The molecule has 0 spiro atoms. The molecule has 380 valence electrons. The minimum absolute atomic E-state index is 0.186. The Morgan fingerprint density at radius 3 is 1.46 bits per heavy atom. The van der Waals surface area contributed by atoms with Crippen LogP contribution in [-0.2, 0) is 14.3 Å². The molecule has 65 heavy (non-hydrogen) atoms. The molecule has 0 radical (unpaired) electrons. The highest BCUT2D eigenvalue weighted by atomic mass is 16.7. The number of aliphatic hydroxyl groups is 5. The van der Waals surface area contributed by atoms with Gasteiger partial charge in [-0.15, -0.1) is 0 Å². The van der Waals surface area contributed by atoms with Crippen molar-refractivity contribution in [2.45, 2.75) is 288 Å². The second kappa shape index (κ2) is 45.9. The van der Waals surface area contributed by atoms with Gasteiger partial charge in [0.1, 0.15) is 24.4 Å². The molecule has 0 saturated carbocycles. The van der Waals surface area contributed by atoms with E-state index in [1.807, 2.05) is 6.08 Å². The summed E-state index contributed by atoms with van der Waals surface area (Å²) in [7, 11) is 0. The molecule has 9 nitrogen and oxygen atoms in total. The Hall–Kier alpha value is -1.85. The van der Waals surface area contributed by atoms with Crippen LogP contribution in [0.4, 0.5) is 0 Å². The molecule has 1 aliphatic heterocycles. The fourth-order valence-electron chi connectivity index (χ4n) is 8.56. The summed E-state index contributed by atoms with van der Waals surface area (Å²) < 4.78 is 11.2. The molecular formula is C56H103NO8. The highest BCUT2D eigenvalue weighted by molar-refractivity contribution is 5.76. The fraction of sp³-hybridized carbons (Fsp3) is 0.839. The molecule has 1 fully saturated rings. The minimum Gasteiger partial charge on any atom is -0.394 e. The molecule has 6 N–H and O–H groups in total. The molecule has 0 aromatic heterocycles. The van der Waals surface area contributed by atoms with Crippen molar-refractivity contribution in [2.24, 2.45) is 0 Å². The van der Waals surface area contributed by atoms with Crippen LogP contribution >= 0.6 is 0 Å². The summed E-state index contributed by atoms with van der Waals surface area (Å²) in [5.74, 6) is -0.186. The van der Waals surface area contributed by atoms with E-state index in [-0.39, 0.29) is 12.5 Å². The van der Waals surface area contributed by atoms with Gasteiger partial charge < -0.3 is 40.3 Å². The minimum atomic E-state index is -1.57. The van der Waals surface area contributed by atoms with Gasteiger partial charge in [-0.25, -0.2) is 0 Å². The summed E-state index contributed by atoms with van der Waals surface area (Å²) in [5.41, 5.74) is 0. The first-order valence-corrected chi connectivity index (χ1v) is 27.4. The molecule has 1 aliphatic rings. The Bertz CT molecular complexity index is 1160. The van der Waals surface area contributed by atoms with E-state index in [1.54, 1.807) is 6.08 Å². The third-order valence-electron chi connectivity index (χ3n) is 12.9. The van der Waals surface area contributed by atoms with Crippen LogP contribution in [0.5, 0.6) is 0 Å². The van der Waals surface area contributed by atoms with E-state index in [2.05, 4.69) is 55.6 Å². The Kier molecular flexibility index (Phi) is 43.2. The van der Waals surface area contributed by atoms with E-state index >= 15 is 0 Å². The maximum Gasteiger partial charge on any atom is 0.220 e. The highest BCUT2D eigenvalue weighted by Gasteiger charge is 2.44. The summed E-state index contributed by atoms with van der Waals surface area (Å²) in [6.07, 6.45) is 53.1. The number of unbranched alkanes of at least 4 members (excludes halogenated alkanes) is 30. The summed E-state index contributed by atoms with van der Waals surface area (Å²) in [6, 6.07) is -0.822. The van der Waals surface area contributed by atoms with Crippen molar-refractivity contribution in [1.29, 1.82) is 0 Å². The number of amides is 1. The van der Waals surface area contributed by atoms with E-state index in [4.69, 9.17) is 9.47 Å². The number of carbonyl (C=O) groups is 1. The van der Waals surface area contributed by atoms with Gasteiger partial charge in [-0.3, -0.25) is 4.79 Å². The van der Waals surface area contributed by atoms with Gasteiger partial charge in [-0.2, -0.15) is 0 Å². The molecule has 9 heteroatoms. The highest BCUT2D eigenvalue weighted by Crippen LogP contribution is 2.23. The second-order valence-electron chi connectivity index (χ2n) is 19.0. The summed E-state index contributed by atoms with van der Waals surface area (Å²) in [4.78, 5) is 13.0. The van der Waals surface area contributed by atoms with Crippen molar-refractivity contribution in [2.75, 3.05) is 13.2 Å². The van der Waals surface area contributed by atoms with Crippen LogP contribution in [0.3, 0.4) is 0 Å². The second-order valence-corrected chi connectivity index (χ2v) is 19.0. The van der Waals surface area contributed by atoms with Crippen LogP contribution in [-0.4, -0.2) is 87.5 Å². The van der Waals surface area contributed by atoms with Crippen LogP contribution in [0.25, 0.3) is 0 Å². The van der Waals surface area contributed by atoms with E-state index in [9.17, 15) is 30.3 Å². The average Bonchev–Trinajstić information content (AvgIpc) is 3.31. The molecule has 1 rings (SSSR count). The molecule has 0 aromatic rings. The molecule has 1 saturated heterocycles. The van der Waals surface area contributed by atoms with E-state index in [0.29, 0.717) is 6.42 Å². The van der Waals surface area contributed by atoms with Gasteiger partial charge in [0.25, 0.3) is 0 Å². The molecule has 7 unspecified atom stereocenters. The zero-order valence-electron chi connectivity index (χ0n) is 42.0. The van der Waals surface area contributed by atoms with Crippen LogP contribution in [0, 0.1) is 0 Å². The number of rotatable bonds is 46. The van der Waals surface area contributed by atoms with E-state index in [0.717, 1.165) is 51.4 Å². The van der Waals surface area contributed by atoms with E-state index in [1.165, 1.54) is 173 Å². The van der Waals surface area contributed by atoms with Crippen molar-refractivity contribution in [3.8, 4) is 0 Å². The Morgan fingerprint density at radius 2 is 0.969 bits per heavy atom. The maximum atomic E-state index is 13.0. The first kappa shape index (κ1) is 61.2. The first-order chi connectivity index (χ1) is 31.8. The molecule has 0 bridgehead atoms. The van der Waals surface area contributed by atoms with Gasteiger partial charge >= 0.3 is 0 Å². The van der Waals surface area contributed by atoms with Crippen molar-refractivity contribution < 1.29 is 39.8 Å². The Balaban J connectivity index is 2.28. The lowest BCUT2D eigenvalue weighted by Crippen LogP contribution is -2.60. The van der Waals surface area contributed by atoms with Crippen molar-refractivity contribution in [3.05, 3.63) is 48.6 Å². The maximum absolute atomic E-state index is 13.0. The SMILES string of the molecule is CC/C=C\C/C=C\CCCCCCCCCCCCCCCCC(=O)NC(COC1OC(CO)C(O)C(O)C1O)C(O)/C=C/CC/C=C/CCCCCCCCCCCCCCCCC. The number of hydrogen-bond donors (Lipinski definition) is 6. The predicted molar refractivity (Wildman–Crippen MR) is 272 cm³/mol. The van der Waals surface area contributed by atoms with Gasteiger partial charge in [0.05, 0.1) is 25.4 Å². The van der Waals surface area contributed by atoms with Gasteiger partial charge in [-0.05, 0) is 57.8 Å². The number of ether oxygens (including phenoxy) is 2. The van der Waals surface area contributed by atoms with Gasteiger partial charge in [0.2, 0.25) is 5.91 Å². The topological polar surface area (TPSA) is 149 Å². The lowest BCUT2D eigenvalue weighted by Gasteiger charge is -2.40. The smallest absolute Gasteiger partial charge is 0.220 e. The van der Waals surface area contributed by atoms with Gasteiger partial charge in [0, 0.05) is 6.42 Å². The van der Waals surface area contributed by atoms with Gasteiger partial charge in [0.15, 0.2) is 6.29 Å². The summed E-state index contributed by atoms with van der Waals surface area (Å²) >= 11 is 0. The number of hydrogen-bond acceptors (Lipinski definition) is 8. The van der Waals surface area contributed by atoms with E-state index < -0.39 is 49.5 Å². The zero-order chi connectivity index (χ0) is 47.3. The molecule has 1 heterocycles. The first-order valence-electron chi connectivity index (χ1n) is 27.4. The number of allylic oxidation sites excluding steroid dienone is 7. The van der Waals surface area contributed by atoms with Crippen LogP contribution in [0.1, 0.15) is 245 Å².